The quantitative estimate of drug-likeness (QED) is 0.641. The summed E-state index contributed by atoms with van der Waals surface area (Å²) in [6.45, 7) is 3.30. The molecule has 0 aliphatic carbocycles. The van der Waals surface area contributed by atoms with Crippen LogP contribution in [0.2, 0.25) is 0 Å². The molecule has 0 spiro atoms. The Morgan fingerprint density at radius 1 is 1.08 bits per heavy atom. The van der Waals surface area contributed by atoms with Gasteiger partial charge in [-0.3, -0.25) is 10.3 Å². The van der Waals surface area contributed by atoms with E-state index in [9.17, 15) is 0 Å². The molecule has 126 valence electrons. The predicted octanol–water partition coefficient (Wildman–Crippen LogP) is 4.13. The summed E-state index contributed by atoms with van der Waals surface area (Å²) in [6.07, 6.45) is 5.80. The van der Waals surface area contributed by atoms with Crippen molar-refractivity contribution in [2.45, 2.75) is 25.8 Å². The Labute approximate surface area is 144 Å². The van der Waals surface area contributed by atoms with Crippen molar-refractivity contribution in [2.75, 3.05) is 25.6 Å². The lowest BCUT2D eigenvalue weighted by atomic mass is 10.1. The van der Waals surface area contributed by atoms with E-state index in [1.165, 1.54) is 37.9 Å². The number of benzene rings is 2. The third kappa shape index (κ3) is 4.59. The van der Waals surface area contributed by atoms with Crippen molar-refractivity contribution in [3.63, 3.8) is 0 Å². The van der Waals surface area contributed by atoms with Gasteiger partial charge in [0.25, 0.3) is 0 Å². The molecule has 1 heterocycles. The minimum absolute atomic E-state index is 0.941. The van der Waals surface area contributed by atoms with E-state index in [1.807, 2.05) is 48.7 Å². The number of para-hydroxylation sites is 1. The molecule has 1 aliphatic rings. The maximum Gasteiger partial charge on any atom is 0.123 e. The lowest BCUT2D eigenvalue weighted by molar-refractivity contribution is 0.218. The van der Waals surface area contributed by atoms with Crippen LogP contribution in [0.4, 0.5) is 5.69 Å². The van der Waals surface area contributed by atoms with Gasteiger partial charge in [0.15, 0.2) is 0 Å². The van der Waals surface area contributed by atoms with E-state index in [4.69, 9.17) is 4.74 Å². The molecule has 1 N–H and O–H groups in total. The second kappa shape index (κ2) is 8.50. The highest BCUT2D eigenvalue weighted by Gasteiger charge is 2.13. The number of anilines is 1. The van der Waals surface area contributed by atoms with E-state index in [0.29, 0.717) is 0 Å². The third-order valence-corrected chi connectivity index (χ3v) is 4.33. The fourth-order valence-corrected chi connectivity index (χ4v) is 3.05. The van der Waals surface area contributed by atoms with Crippen LogP contribution in [0.5, 0.6) is 5.75 Å². The third-order valence-electron chi connectivity index (χ3n) is 4.33. The van der Waals surface area contributed by atoms with Crippen molar-refractivity contribution >= 4 is 11.9 Å². The Morgan fingerprint density at radius 3 is 2.62 bits per heavy atom. The molecule has 2 aromatic rings. The molecule has 0 radical (unpaired) electrons. The smallest absolute Gasteiger partial charge is 0.123 e. The van der Waals surface area contributed by atoms with E-state index in [1.54, 1.807) is 7.11 Å². The zero-order valence-electron chi connectivity index (χ0n) is 14.2. The van der Waals surface area contributed by atoms with Crippen molar-refractivity contribution in [1.29, 1.82) is 0 Å². The zero-order chi connectivity index (χ0) is 16.6. The van der Waals surface area contributed by atoms with Crippen molar-refractivity contribution in [2.24, 2.45) is 5.10 Å². The fourth-order valence-electron chi connectivity index (χ4n) is 3.05. The van der Waals surface area contributed by atoms with Gasteiger partial charge in [-0.2, -0.15) is 5.10 Å². The molecule has 0 atom stereocenters. The normalized spacial score (nSPS) is 15.5. The number of nitrogens with zero attached hydrogens (tertiary/aromatic N) is 2. The Morgan fingerprint density at radius 2 is 1.88 bits per heavy atom. The van der Waals surface area contributed by atoms with Crippen molar-refractivity contribution < 1.29 is 4.74 Å². The summed E-state index contributed by atoms with van der Waals surface area (Å²) in [5.74, 6) is 0.953. The van der Waals surface area contributed by atoms with Crippen LogP contribution >= 0.6 is 0 Å². The van der Waals surface area contributed by atoms with Crippen LogP contribution in [0, 0.1) is 0 Å². The Balaban J connectivity index is 1.68. The van der Waals surface area contributed by atoms with Crippen LogP contribution in [-0.2, 0) is 6.54 Å². The zero-order valence-corrected chi connectivity index (χ0v) is 14.2. The van der Waals surface area contributed by atoms with Crippen LogP contribution in [0.15, 0.2) is 53.6 Å². The second-order valence-corrected chi connectivity index (χ2v) is 6.14. The first-order valence-electron chi connectivity index (χ1n) is 8.58. The highest BCUT2D eigenvalue weighted by molar-refractivity contribution is 5.81. The standard InChI is InChI=1S/C20H25N3O/c1-24-20-11-10-17(15-21-22-19-8-4-2-5-9-19)14-18(20)16-23-12-6-3-7-13-23/h2,4-5,8-11,14-15,22H,3,6-7,12-13,16H2,1H3. The molecule has 0 aromatic heterocycles. The van der Waals surface area contributed by atoms with Crippen molar-refractivity contribution in [1.82, 2.24) is 4.90 Å². The van der Waals surface area contributed by atoms with Crippen LogP contribution in [-0.4, -0.2) is 31.3 Å². The van der Waals surface area contributed by atoms with Gasteiger partial charge in [0.05, 0.1) is 19.0 Å². The summed E-state index contributed by atoms with van der Waals surface area (Å²) in [6, 6.07) is 16.2. The monoisotopic (exact) mass is 323 g/mol. The van der Waals surface area contributed by atoms with Crippen molar-refractivity contribution in [3.8, 4) is 5.75 Å². The number of likely N-dealkylation sites (tertiary alicyclic amines) is 1. The van der Waals surface area contributed by atoms with E-state index >= 15 is 0 Å². The lowest BCUT2D eigenvalue weighted by Gasteiger charge is -2.27. The number of methoxy groups -OCH3 is 1. The van der Waals surface area contributed by atoms with Gasteiger partial charge in [-0.1, -0.05) is 24.6 Å². The Bertz CT molecular complexity index is 664. The minimum Gasteiger partial charge on any atom is -0.496 e. The number of nitrogens with one attached hydrogen (secondary N) is 1. The largest absolute Gasteiger partial charge is 0.496 e. The molecule has 0 saturated carbocycles. The molecule has 3 rings (SSSR count). The van der Waals surface area contributed by atoms with Crippen LogP contribution in [0.3, 0.4) is 0 Å². The second-order valence-electron chi connectivity index (χ2n) is 6.14. The number of piperidine rings is 1. The van der Waals surface area contributed by atoms with Gasteiger partial charge in [-0.15, -0.1) is 0 Å². The van der Waals surface area contributed by atoms with Crippen LogP contribution < -0.4 is 10.2 Å². The van der Waals surface area contributed by atoms with Gasteiger partial charge >= 0.3 is 0 Å². The number of hydrazone groups is 1. The van der Waals surface area contributed by atoms with E-state index in [-0.39, 0.29) is 0 Å². The van der Waals surface area contributed by atoms with Gasteiger partial charge in [-0.05, 0) is 61.8 Å². The minimum atomic E-state index is 0.941. The highest BCUT2D eigenvalue weighted by Crippen LogP contribution is 2.23. The maximum atomic E-state index is 5.53. The Hall–Kier alpha value is -2.33. The summed E-state index contributed by atoms with van der Waals surface area (Å²) in [4.78, 5) is 2.50. The van der Waals surface area contributed by atoms with Crippen molar-refractivity contribution in [3.05, 3.63) is 59.7 Å². The summed E-state index contributed by atoms with van der Waals surface area (Å²) in [7, 11) is 1.74. The topological polar surface area (TPSA) is 36.9 Å². The van der Waals surface area contributed by atoms with Crippen LogP contribution in [0.25, 0.3) is 0 Å². The van der Waals surface area contributed by atoms with Gasteiger partial charge < -0.3 is 4.74 Å². The molecular weight excluding hydrogens is 298 g/mol. The van der Waals surface area contributed by atoms with Gasteiger partial charge in [0.1, 0.15) is 5.75 Å². The molecule has 0 amide bonds. The fraction of sp³-hybridized carbons (Fsp3) is 0.350. The average Bonchev–Trinajstić information content (AvgIpc) is 2.64. The SMILES string of the molecule is COc1ccc(C=NNc2ccccc2)cc1CN1CCCCC1. The van der Waals surface area contributed by atoms with Gasteiger partial charge in [-0.25, -0.2) is 0 Å². The number of rotatable bonds is 6. The first-order chi connectivity index (χ1) is 11.8. The molecule has 1 saturated heterocycles. The summed E-state index contributed by atoms with van der Waals surface area (Å²) in [5.41, 5.74) is 6.33. The maximum absolute atomic E-state index is 5.53. The van der Waals surface area contributed by atoms with E-state index < -0.39 is 0 Å². The van der Waals surface area contributed by atoms with E-state index in [2.05, 4.69) is 21.5 Å². The molecule has 0 bridgehead atoms. The lowest BCUT2D eigenvalue weighted by Crippen LogP contribution is -2.29. The number of ether oxygens (including phenoxy) is 1. The molecule has 4 nitrogen and oxygen atoms in total. The summed E-state index contributed by atoms with van der Waals surface area (Å²) >= 11 is 0. The molecule has 0 unspecified atom stereocenters. The molecule has 2 aromatic carbocycles. The molecule has 4 heteroatoms. The molecule has 24 heavy (non-hydrogen) atoms. The van der Waals surface area contributed by atoms with Crippen LogP contribution in [0.1, 0.15) is 30.4 Å². The predicted molar refractivity (Wildman–Crippen MR) is 99.8 cm³/mol. The summed E-state index contributed by atoms with van der Waals surface area (Å²) in [5, 5.41) is 4.33. The number of hydrogen-bond acceptors (Lipinski definition) is 4. The average molecular weight is 323 g/mol. The molecule has 1 fully saturated rings. The summed E-state index contributed by atoms with van der Waals surface area (Å²) < 4.78 is 5.53. The first kappa shape index (κ1) is 16.5. The first-order valence-corrected chi connectivity index (χ1v) is 8.58. The van der Waals surface area contributed by atoms with Gasteiger partial charge in [0.2, 0.25) is 0 Å². The molecule has 1 aliphatic heterocycles. The molecular formula is C20H25N3O. The van der Waals surface area contributed by atoms with E-state index in [0.717, 1.165) is 23.5 Å². The van der Waals surface area contributed by atoms with Gasteiger partial charge in [0, 0.05) is 12.1 Å². The number of hydrogen-bond donors (Lipinski definition) is 1. The Kier molecular flexibility index (Phi) is 5.85. The highest BCUT2D eigenvalue weighted by atomic mass is 16.5.